The van der Waals surface area contributed by atoms with E-state index in [1.54, 1.807) is 11.3 Å². The number of nitrogens with zero attached hydrogens (tertiary/aromatic N) is 4. The fourth-order valence-electron chi connectivity index (χ4n) is 4.57. The highest BCUT2D eigenvalue weighted by atomic mass is 35.5. The van der Waals surface area contributed by atoms with Crippen LogP contribution in [0.15, 0.2) is 29.3 Å². The van der Waals surface area contributed by atoms with Crippen molar-refractivity contribution in [1.82, 2.24) is 20.1 Å². The second-order valence-electron chi connectivity index (χ2n) is 10.9. The van der Waals surface area contributed by atoms with Gasteiger partial charge < -0.3 is 10.1 Å². The lowest BCUT2D eigenvalue weighted by Crippen LogP contribution is -2.26. The molecule has 3 heterocycles. The zero-order valence-corrected chi connectivity index (χ0v) is 25.0. The summed E-state index contributed by atoms with van der Waals surface area (Å²) in [4.78, 5) is 31.2. The number of aromatic nitrogens is 3. The van der Waals surface area contributed by atoms with Crippen LogP contribution in [0.3, 0.4) is 0 Å². The van der Waals surface area contributed by atoms with E-state index >= 15 is 0 Å². The van der Waals surface area contributed by atoms with Crippen molar-refractivity contribution in [2.24, 2.45) is 4.99 Å². The maximum absolute atomic E-state index is 13.0. The maximum Gasteiger partial charge on any atom is 0.306 e. The number of aliphatic imine (C=N–C) groups is 1. The van der Waals surface area contributed by atoms with Gasteiger partial charge in [0.15, 0.2) is 5.82 Å². The van der Waals surface area contributed by atoms with Crippen LogP contribution in [0, 0.1) is 20.8 Å². The Hall–Kier alpha value is -3.04. The summed E-state index contributed by atoms with van der Waals surface area (Å²) in [5.74, 6) is 1.13. The lowest BCUT2D eigenvalue weighted by atomic mass is 9.99. The van der Waals surface area contributed by atoms with Crippen LogP contribution in [0.4, 0.5) is 0 Å². The van der Waals surface area contributed by atoms with Crippen LogP contribution < -0.4 is 5.32 Å². The molecule has 0 radical (unpaired) electrons. The smallest absolute Gasteiger partial charge is 0.306 e. The van der Waals surface area contributed by atoms with Crippen LogP contribution in [0.2, 0.25) is 5.02 Å². The number of rotatable bonds is 9. The van der Waals surface area contributed by atoms with Gasteiger partial charge in [-0.1, -0.05) is 30.2 Å². The highest BCUT2D eigenvalue weighted by Gasteiger charge is 2.32. The largest absolute Gasteiger partial charge is 0.460 e. The molecule has 4 rings (SSSR count). The number of benzene rings is 1. The third-order valence-electron chi connectivity index (χ3n) is 6.54. The van der Waals surface area contributed by atoms with Crippen LogP contribution in [0.1, 0.15) is 92.1 Å². The first kappa shape index (κ1) is 29.0. The molecule has 0 saturated carbocycles. The fraction of sp³-hybridized carbons (Fsp3) is 0.483. The van der Waals surface area contributed by atoms with Gasteiger partial charge in [-0.3, -0.25) is 19.1 Å². The summed E-state index contributed by atoms with van der Waals surface area (Å²) in [5.41, 5.74) is 3.49. The predicted molar refractivity (Wildman–Crippen MR) is 155 cm³/mol. The minimum absolute atomic E-state index is 0.100. The number of ether oxygens (including phenoxy) is 1. The van der Waals surface area contributed by atoms with Gasteiger partial charge in [-0.2, -0.15) is 0 Å². The second kappa shape index (κ2) is 12.0. The Balaban J connectivity index is 1.48. The van der Waals surface area contributed by atoms with E-state index in [0.29, 0.717) is 23.8 Å². The fourth-order valence-corrected chi connectivity index (χ4v) is 5.91. The number of thiophene rings is 1. The molecule has 10 heteroatoms. The van der Waals surface area contributed by atoms with E-state index < -0.39 is 11.6 Å². The SMILES string of the molecule is Cc1sc2c(c1C)C(c1ccc(Cl)cc1)=N[C@@H](CC(=O)NCCCCCC(=O)OC(C)(C)C)c1nnc(C)n1-2. The van der Waals surface area contributed by atoms with Crippen molar-refractivity contribution >= 4 is 40.5 Å². The van der Waals surface area contributed by atoms with E-state index in [9.17, 15) is 9.59 Å². The molecule has 2 aromatic heterocycles. The number of nitrogens with one attached hydrogen (secondary N) is 1. The molecule has 1 aliphatic heterocycles. The summed E-state index contributed by atoms with van der Waals surface area (Å²) in [7, 11) is 0. The number of hydrogen-bond acceptors (Lipinski definition) is 7. The first-order valence-corrected chi connectivity index (χ1v) is 14.5. The molecule has 0 unspecified atom stereocenters. The molecule has 3 aromatic rings. The van der Waals surface area contributed by atoms with Gasteiger partial charge in [0, 0.05) is 34.0 Å². The Morgan fingerprint density at radius 2 is 1.79 bits per heavy atom. The van der Waals surface area contributed by atoms with Crippen molar-refractivity contribution < 1.29 is 14.3 Å². The molecule has 1 atom stereocenters. The molecule has 0 fully saturated rings. The van der Waals surface area contributed by atoms with E-state index in [0.717, 1.165) is 52.5 Å². The molecule has 0 bridgehead atoms. The van der Waals surface area contributed by atoms with Gasteiger partial charge in [0.05, 0.1) is 12.1 Å². The average Bonchev–Trinajstić information content (AvgIpc) is 3.33. The summed E-state index contributed by atoms with van der Waals surface area (Å²) >= 11 is 7.86. The average molecular weight is 570 g/mol. The minimum atomic E-state index is -0.497. The standard InChI is InChI=1S/C29H36ClN5O3S/c1-17-18(2)39-28-25(17)26(20-11-13-21(30)14-12-20)32-22(27-34-33-19(3)35(27)28)16-23(36)31-15-9-7-8-10-24(37)38-29(4,5)6/h11-14,22H,7-10,15-16H2,1-6H3,(H,31,36)/t22-/m0/s1. The number of unbranched alkanes of at least 4 members (excludes halogenated alkanes) is 2. The highest BCUT2D eigenvalue weighted by molar-refractivity contribution is 7.15. The van der Waals surface area contributed by atoms with Gasteiger partial charge in [0.2, 0.25) is 5.91 Å². The summed E-state index contributed by atoms with van der Waals surface area (Å²) in [5, 5.41) is 13.5. The molecule has 1 N–H and O–H groups in total. The molecule has 0 saturated heterocycles. The maximum atomic E-state index is 13.0. The Bertz CT molecular complexity index is 1390. The molecule has 39 heavy (non-hydrogen) atoms. The van der Waals surface area contributed by atoms with Crippen molar-refractivity contribution in [2.75, 3.05) is 6.54 Å². The predicted octanol–water partition coefficient (Wildman–Crippen LogP) is 6.21. The summed E-state index contributed by atoms with van der Waals surface area (Å²) in [6.45, 7) is 12.3. The van der Waals surface area contributed by atoms with E-state index in [4.69, 9.17) is 21.3 Å². The van der Waals surface area contributed by atoms with Crippen molar-refractivity contribution in [3.05, 3.63) is 62.5 Å². The first-order chi connectivity index (χ1) is 18.4. The summed E-state index contributed by atoms with van der Waals surface area (Å²) < 4.78 is 7.39. The molecule has 0 spiro atoms. The van der Waals surface area contributed by atoms with Crippen molar-refractivity contribution in [2.45, 2.75) is 85.3 Å². The van der Waals surface area contributed by atoms with Crippen molar-refractivity contribution in [3.63, 3.8) is 0 Å². The number of hydrogen-bond donors (Lipinski definition) is 1. The number of esters is 1. The quantitative estimate of drug-likeness (QED) is 0.244. The molecule has 1 aliphatic rings. The monoisotopic (exact) mass is 569 g/mol. The summed E-state index contributed by atoms with van der Waals surface area (Å²) in [6.07, 6.45) is 2.87. The Morgan fingerprint density at radius 3 is 2.49 bits per heavy atom. The molecule has 208 valence electrons. The van der Waals surface area contributed by atoms with Gasteiger partial charge in [-0.05, 0) is 72.1 Å². The van der Waals surface area contributed by atoms with E-state index in [2.05, 4.69) is 29.4 Å². The van der Waals surface area contributed by atoms with Gasteiger partial charge in [0.1, 0.15) is 22.5 Å². The third kappa shape index (κ3) is 6.94. The molecule has 1 amide bonds. The van der Waals surface area contributed by atoms with Crippen LogP contribution >= 0.6 is 22.9 Å². The van der Waals surface area contributed by atoms with Gasteiger partial charge in [0.25, 0.3) is 0 Å². The van der Waals surface area contributed by atoms with E-state index in [-0.39, 0.29) is 18.3 Å². The van der Waals surface area contributed by atoms with Gasteiger partial charge in [-0.15, -0.1) is 21.5 Å². The van der Waals surface area contributed by atoms with Crippen LogP contribution in [0.5, 0.6) is 0 Å². The summed E-state index contributed by atoms with van der Waals surface area (Å²) in [6, 6.07) is 7.14. The number of fused-ring (bicyclic) bond motifs is 3. The molecule has 8 nitrogen and oxygen atoms in total. The zero-order chi connectivity index (χ0) is 28.3. The normalized spacial score (nSPS) is 14.7. The molecule has 1 aromatic carbocycles. The molecular weight excluding hydrogens is 534 g/mol. The van der Waals surface area contributed by atoms with E-state index in [1.165, 1.54) is 4.88 Å². The van der Waals surface area contributed by atoms with Crippen molar-refractivity contribution in [3.8, 4) is 5.00 Å². The Labute approximate surface area is 238 Å². The number of carbonyl (C=O) groups is 2. The topological polar surface area (TPSA) is 98.5 Å². The van der Waals surface area contributed by atoms with E-state index in [1.807, 2.05) is 56.5 Å². The van der Waals surface area contributed by atoms with Gasteiger partial charge in [-0.25, -0.2) is 0 Å². The second-order valence-corrected chi connectivity index (χ2v) is 12.5. The zero-order valence-electron chi connectivity index (χ0n) is 23.4. The number of aryl methyl sites for hydroxylation is 2. The van der Waals surface area contributed by atoms with Crippen LogP contribution in [0.25, 0.3) is 5.00 Å². The van der Waals surface area contributed by atoms with Crippen LogP contribution in [-0.4, -0.2) is 44.5 Å². The molecular formula is C29H36ClN5O3S. The number of amides is 1. The molecule has 0 aliphatic carbocycles. The number of carbonyl (C=O) groups excluding carboxylic acids is 2. The Kier molecular flexibility index (Phi) is 8.91. The van der Waals surface area contributed by atoms with Gasteiger partial charge >= 0.3 is 5.97 Å². The van der Waals surface area contributed by atoms with Crippen LogP contribution in [-0.2, 0) is 14.3 Å². The Morgan fingerprint density at radius 1 is 1.08 bits per heavy atom. The highest BCUT2D eigenvalue weighted by Crippen LogP contribution is 2.39. The third-order valence-corrected chi connectivity index (χ3v) is 7.98. The number of halogens is 1. The lowest BCUT2D eigenvalue weighted by Gasteiger charge is -2.19. The van der Waals surface area contributed by atoms with Crippen molar-refractivity contribution in [1.29, 1.82) is 0 Å². The lowest BCUT2D eigenvalue weighted by molar-refractivity contribution is -0.154. The minimum Gasteiger partial charge on any atom is -0.460 e. The first-order valence-electron chi connectivity index (χ1n) is 13.3.